The Bertz CT molecular complexity index is 467. The fourth-order valence-corrected chi connectivity index (χ4v) is 2.00. The van der Waals surface area contributed by atoms with Crippen molar-refractivity contribution in [1.82, 2.24) is 10.6 Å². The Kier molecular flexibility index (Phi) is 5.09. The smallest absolute Gasteiger partial charge is 0.335 e. The van der Waals surface area contributed by atoms with E-state index in [1.54, 1.807) is 12.1 Å². The number of aromatic carboxylic acids is 1. The second-order valence-electron chi connectivity index (χ2n) is 4.68. The minimum Gasteiger partial charge on any atom is -0.478 e. The largest absolute Gasteiger partial charge is 0.478 e. The van der Waals surface area contributed by atoms with Crippen LogP contribution in [0.2, 0.25) is 0 Å². The molecule has 1 unspecified atom stereocenters. The first-order chi connectivity index (χ1) is 9.65. The first-order valence-electron chi connectivity index (χ1n) is 6.56. The van der Waals surface area contributed by atoms with Gasteiger partial charge in [-0.2, -0.15) is 0 Å². The second kappa shape index (κ2) is 7.02. The molecule has 6 nitrogen and oxygen atoms in total. The van der Waals surface area contributed by atoms with Gasteiger partial charge < -0.3 is 20.5 Å². The van der Waals surface area contributed by atoms with Gasteiger partial charge in [-0.05, 0) is 17.7 Å². The maximum Gasteiger partial charge on any atom is 0.335 e. The number of carbonyl (C=O) groups excluding carboxylic acids is 1. The van der Waals surface area contributed by atoms with E-state index in [2.05, 4.69) is 10.6 Å². The molecule has 20 heavy (non-hydrogen) atoms. The van der Waals surface area contributed by atoms with Gasteiger partial charge in [0.2, 0.25) is 5.91 Å². The van der Waals surface area contributed by atoms with Crippen molar-refractivity contribution in [3.8, 4) is 0 Å². The van der Waals surface area contributed by atoms with Crippen LogP contribution in [0.1, 0.15) is 22.3 Å². The topological polar surface area (TPSA) is 87.7 Å². The summed E-state index contributed by atoms with van der Waals surface area (Å²) in [6, 6.07) is 6.45. The van der Waals surface area contributed by atoms with Gasteiger partial charge in [-0.15, -0.1) is 0 Å². The average Bonchev–Trinajstić information content (AvgIpc) is 2.46. The molecule has 0 spiro atoms. The normalized spacial score (nSPS) is 18.5. The van der Waals surface area contributed by atoms with E-state index in [1.807, 2.05) is 0 Å². The van der Waals surface area contributed by atoms with E-state index in [9.17, 15) is 9.59 Å². The van der Waals surface area contributed by atoms with Crippen molar-refractivity contribution in [1.29, 1.82) is 0 Å². The molecular weight excluding hydrogens is 260 g/mol. The van der Waals surface area contributed by atoms with Crippen LogP contribution in [0.4, 0.5) is 0 Å². The van der Waals surface area contributed by atoms with E-state index >= 15 is 0 Å². The molecule has 2 rings (SSSR count). The molecule has 1 heterocycles. The molecule has 1 aliphatic heterocycles. The summed E-state index contributed by atoms with van der Waals surface area (Å²) >= 11 is 0. The van der Waals surface area contributed by atoms with Crippen molar-refractivity contribution in [3.63, 3.8) is 0 Å². The highest BCUT2D eigenvalue weighted by Crippen LogP contribution is 2.05. The quantitative estimate of drug-likeness (QED) is 0.724. The lowest BCUT2D eigenvalue weighted by Gasteiger charge is -2.23. The van der Waals surface area contributed by atoms with Gasteiger partial charge in [0.15, 0.2) is 0 Å². The van der Waals surface area contributed by atoms with Gasteiger partial charge in [0.05, 0.1) is 24.7 Å². The molecule has 1 aromatic rings. The molecule has 1 amide bonds. The number of morpholine rings is 1. The van der Waals surface area contributed by atoms with Crippen molar-refractivity contribution in [2.24, 2.45) is 0 Å². The highest BCUT2D eigenvalue weighted by Gasteiger charge is 2.16. The van der Waals surface area contributed by atoms with Gasteiger partial charge in [-0.3, -0.25) is 4.79 Å². The number of carboxylic acids is 1. The highest BCUT2D eigenvalue weighted by molar-refractivity contribution is 5.87. The Morgan fingerprint density at radius 1 is 1.35 bits per heavy atom. The van der Waals surface area contributed by atoms with Crippen LogP contribution in [0.15, 0.2) is 24.3 Å². The summed E-state index contributed by atoms with van der Waals surface area (Å²) in [5, 5.41) is 14.8. The van der Waals surface area contributed by atoms with E-state index in [-0.39, 0.29) is 17.6 Å². The minimum absolute atomic E-state index is 0.0685. The third kappa shape index (κ3) is 4.32. The van der Waals surface area contributed by atoms with Crippen molar-refractivity contribution in [2.45, 2.75) is 19.1 Å². The van der Waals surface area contributed by atoms with Gasteiger partial charge in [0.1, 0.15) is 0 Å². The Hall–Kier alpha value is -1.92. The number of ether oxygens (including phenoxy) is 1. The van der Waals surface area contributed by atoms with Crippen molar-refractivity contribution >= 4 is 11.9 Å². The van der Waals surface area contributed by atoms with E-state index in [1.165, 1.54) is 12.1 Å². The first kappa shape index (κ1) is 14.5. The molecule has 1 saturated heterocycles. The van der Waals surface area contributed by atoms with Crippen LogP contribution in [0, 0.1) is 0 Å². The lowest BCUT2D eigenvalue weighted by molar-refractivity contribution is -0.124. The van der Waals surface area contributed by atoms with Crippen LogP contribution in [-0.4, -0.2) is 42.8 Å². The summed E-state index contributed by atoms with van der Waals surface area (Å²) in [4.78, 5) is 22.5. The molecular formula is C14H18N2O4. The van der Waals surface area contributed by atoms with Crippen LogP contribution in [-0.2, 0) is 16.1 Å². The van der Waals surface area contributed by atoms with E-state index in [0.717, 1.165) is 12.1 Å². The molecule has 0 saturated carbocycles. The fraction of sp³-hybridized carbons (Fsp3) is 0.429. The number of nitrogens with one attached hydrogen (secondary N) is 2. The number of hydrogen-bond donors (Lipinski definition) is 3. The molecule has 1 atom stereocenters. The maximum absolute atomic E-state index is 11.7. The van der Waals surface area contributed by atoms with Crippen molar-refractivity contribution in [3.05, 3.63) is 35.4 Å². The Balaban J connectivity index is 1.76. The fourth-order valence-electron chi connectivity index (χ4n) is 2.00. The zero-order chi connectivity index (χ0) is 14.4. The summed E-state index contributed by atoms with van der Waals surface area (Å²) in [5.74, 6) is -1.02. The summed E-state index contributed by atoms with van der Waals surface area (Å²) < 4.78 is 5.45. The second-order valence-corrected chi connectivity index (χ2v) is 4.68. The Labute approximate surface area is 117 Å². The van der Waals surface area contributed by atoms with Gasteiger partial charge in [-0.1, -0.05) is 12.1 Å². The van der Waals surface area contributed by atoms with Crippen LogP contribution >= 0.6 is 0 Å². The third-order valence-electron chi connectivity index (χ3n) is 3.11. The predicted molar refractivity (Wildman–Crippen MR) is 72.5 cm³/mol. The molecule has 0 aliphatic carbocycles. The number of benzene rings is 1. The summed E-state index contributed by atoms with van der Waals surface area (Å²) in [6.45, 7) is 2.54. The van der Waals surface area contributed by atoms with Gasteiger partial charge in [0, 0.05) is 19.6 Å². The molecule has 1 aliphatic rings. The SMILES string of the molecule is O=C(CC1CNCCO1)NCc1ccc(C(=O)O)cc1. The zero-order valence-electron chi connectivity index (χ0n) is 11.1. The van der Waals surface area contributed by atoms with E-state index in [4.69, 9.17) is 9.84 Å². The predicted octanol–water partition coefficient (Wildman–Crippen LogP) is 0.380. The average molecular weight is 278 g/mol. The molecule has 0 bridgehead atoms. The van der Waals surface area contributed by atoms with Gasteiger partial charge in [-0.25, -0.2) is 4.79 Å². The highest BCUT2D eigenvalue weighted by atomic mass is 16.5. The molecule has 0 aromatic heterocycles. The molecule has 1 aromatic carbocycles. The maximum atomic E-state index is 11.7. The third-order valence-corrected chi connectivity index (χ3v) is 3.11. The Morgan fingerprint density at radius 2 is 2.10 bits per heavy atom. The monoisotopic (exact) mass is 278 g/mol. The van der Waals surface area contributed by atoms with Gasteiger partial charge >= 0.3 is 5.97 Å². The molecule has 6 heteroatoms. The minimum atomic E-state index is -0.956. The van der Waals surface area contributed by atoms with Crippen LogP contribution in [0.25, 0.3) is 0 Å². The molecule has 1 fully saturated rings. The van der Waals surface area contributed by atoms with Crippen LogP contribution in [0.5, 0.6) is 0 Å². The lowest BCUT2D eigenvalue weighted by Crippen LogP contribution is -2.41. The number of carboxylic acid groups (broad SMARTS) is 1. The standard InChI is InChI=1S/C14H18N2O4/c17-13(7-12-9-15-5-6-20-12)16-8-10-1-3-11(4-2-10)14(18)19/h1-4,12,15H,5-9H2,(H,16,17)(H,18,19). The number of carbonyl (C=O) groups is 2. The molecule has 108 valence electrons. The lowest BCUT2D eigenvalue weighted by atomic mass is 10.1. The molecule has 0 radical (unpaired) electrons. The van der Waals surface area contributed by atoms with Crippen molar-refractivity contribution in [2.75, 3.05) is 19.7 Å². The zero-order valence-corrected chi connectivity index (χ0v) is 11.1. The van der Waals surface area contributed by atoms with Crippen LogP contribution in [0.3, 0.4) is 0 Å². The first-order valence-corrected chi connectivity index (χ1v) is 6.56. The van der Waals surface area contributed by atoms with Crippen LogP contribution < -0.4 is 10.6 Å². The number of amides is 1. The number of hydrogen-bond acceptors (Lipinski definition) is 4. The summed E-state index contributed by atoms with van der Waals surface area (Å²) in [6.07, 6.45) is 0.262. The van der Waals surface area contributed by atoms with Gasteiger partial charge in [0.25, 0.3) is 0 Å². The van der Waals surface area contributed by atoms with E-state index in [0.29, 0.717) is 26.1 Å². The van der Waals surface area contributed by atoms with Crippen molar-refractivity contribution < 1.29 is 19.4 Å². The molecule has 3 N–H and O–H groups in total. The number of rotatable bonds is 5. The Morgan fingerprint density at radius 3 is 2.70 bits per heavy atom. The summed E-state index contributed by atoms with van der Waals surface area (Å²) in [5.41, 5.74) is 1.10. The van der Waals surface area contributed by atoms with E-state index < -0.39 is 5.97 Å². The summed E-state index contributed by atoms with van der Waals surface area (Å²) in [7, 11) is 0.